The van der Waals surface area contributed by atoms with Gasteiger partial charge in [0.2, 0.25) is 5.91 Å². The van der Waals surface area contributed by atoms with Crippen LogP contribution in [0.25, 0.3) is 0 Å². The SMILES string of the molecule is CC(C)N(Cc1c(Cl)cccc1Cl)C(=O)CN. The molecule has 0 heterocycles. The van der Waals surface area contributed by atoms with E-state index in [0.29, 0.717) is 16.6 Å². The van der Waals surface area contributed by atoms with Crippen molar-refractivity contribution >= 4 is 29.1 Å². The molecule has 0 aromatic heterocycles. The molecule has 1 rings (SSSR count). The fourth-order valence-electron chi connectivity index (χ4n) is 1.53. The van der Waals surface area contributed by atoms with E-state index in [-0.39, 0.29) is 18.5 Å². The first kappa shape index (κ1) is 14.3. The van der Waals surface area contributed by atoms with E-state index in [1.54, 1.807) is 23.1 Å². The van der Waals surface area contributed by atoms with Gasteiger partial charge in [-0.3, -0.25) is 4.79 Å². The van der Waals surface area contributed by atoms with Gasteiger partial charge in [-0.1, -0.05) is 29.3 Å². The smallest absolute Gasteiger partial charge is 0.236 e. The van der Waals surface area contributed by atoms with Crippen LogP contribution in [0.3, 0.4) is 0 Å². The lowest BCUT2D eigenvalue weighted by atomic mass is 10.2. The first-order chi connectivity index (χ1) is 7.97. The molecule has 17 heavy (non-hydrogen) atoms. The van der Waals surface area contributed by atoms with Crippen LogP contribution in [-0.2, 0) is 11.3 Å². The Balaban J connectivity index is 2.98. The summed E-state index contributed by atoms with van der Waals surface area (Å²) < 4.78 is 0. The second-order valence-corrected chi connectivity index (χ2v) is 4.83. The molecular weight excluding hydrogens is 259 g/mol. The van der Waals surface area contributed by atoms with Crippen LogP contribution in [0.4, 0.5) is 0 Å². The first-order valence-corrected chi connectivity index (χ1v) is 6.15. The van der Waals surface area contributed by atoms with E-state index in [2.05, 4.69) is 0 Å². The van der Waals surface area contributed by atoms with Crippen molar-refractivity contribution in [3.63, 3.8) is 0 Å². The monoisotopic (exact) mass is 274 g/mol. The third kappa shape index (κ3) is 3.60. The topological polar surface area (TPSA) is 46.3 Å². The van der Waals surface area contributed by atoms with E-state index in [0.717, 1.165) is 5.56 Å². The van der Waals surface area contributed by atoms with Crippen molar-refractivity contribution in [2.24, 2.45) is 5.73 Å². The fourth-order valence-corrected chi connectivity index (χ4v) is 2.05. The van der Waals surface area contributed by atoms with Crippen LogP contribution < -0.4 is 5.73 Å². The van der Waals surface area contributed by atoms with Gasteiger partial charge in [0.25, 0.3) is 0 Å². The van der Waals surface area contributed by atoms with Crippen LogP contribution in [0.2, 0.25) is 10.0 Å². The molecule has 0 saturated carbocycles. The van der Waals surface area contributed by atoms with E-state index in [1.165, 1.54) is 0 Å². The molecule has 0 spiro atoms. The lowest BCUT2D eigenvalue weighted by Gasteiger charge is -2.27. The summed E-state index contributed by atoms with van der Waals surface area (Å²) in [6, 6.07) is 5.35. The number of nitrogens with zero attached hydrogens (tertiary/aromatic N) is 1. The Labute approximate surface area is 111 Å². The molecule has 2 N–H and O–H groups in total. The summed E-state index contributed by atoms with van der Waals surface area (Å²) in [6.07, 6.45) is 0. The number of carbonyl (C=O) groups is 1. The second kappa shape index (κ2) is 6.24. The van der Waals surface area contributed by atoms with Crippen LogP contribution in [0, 0.1) is 0 Å². The van der Waals surface area contributed by atoms with Gasteiger partial charge in [0.15, 0.2) is 0 Å². The summed E-state index contributed by atoms with van der Waals surface area (Å²) >= 11 is 12.1. The quantitative estimate of drug-likeness (QED) is 0.918. The van der Waals surface area contributed by atoms with Crippen LogP contribution in [0.5, 0.6) is 0 Å². The molecule has 0 aliphatic heterocycles. The number of nitrogens with two attached hydrogens (primary N) is 1. The summed E-state index contributed by atoms with van der Waals surface area (Å²) in [6.45, 7) is 4.23. The highest BCUT2D eigenvalue weighted by Gasteiger charge is 2.18. The Morgan fingerprint density at radius 1 is 1.35 bits per heavy atom. The van der Waals surface area contributed by atoms with Gasteiger partial charge in [-0.2, -0.15) is 0 Å². The molecular formula is C12H16Cl2N2O. The number of hydrogen-bond acceptors (Lipinski definition) is 2. The van der Waals surface area contributed by atoms with Crippen molar-refractivity contribution in [3.05, 3.63) is 33.8 Å². The van der Waals surface area contributed by atoms with E-state index in [4.69, 9.17) is 28.9 Å². The minimum Gasteiger partial charge on any atom is -0.335 e. The number of carbonyl (C=O) groups excluding carboxylic acids is 1. The number of benzene rings is 1. The number of rotatable bonds is 4. The van der Waals surface area contributed by atoms with Gasteiger partial charge in [-0.05, 0) is 26.0 Å². The summed E-state index contributed by atoms with van der Waals surface area (Å²) in [7, 11) is 0. The predicted octanol–water partition coefficient (Wildman–Crippen LogP) is 2.69. The average Bonchev–Trinajstić information content (AvgIpc) is 2.27. The van der Waals surface area contributed by atoms with Crippen molar-refractivity contribution in [1.29, 1.82) is 0 Å². The van der Waals surface area contributed by atoms with Crippen LogP contribution >= 0.6 is 23.2 Å². The summed E-state index contributed by atoms with van der Waals surface area (Å²) in [5.74, 6) is -0.115. The van der Waals surface area contributed by atoms with Gasteiger partial charge in [0.1, 0.15) is 0 Å². The molecule has 0 aliphatic carbocycles. The van der Waals surface area contributed by atoms with Crippen molar-refractivity contribution in [2.75, 3.05) is 6.54 Å². The zero-order chi connectivity index (χ0) is 13.0. The molecule has 0 saturated heterocycles. The van der Waals surface area contributed by atoms with Crippen molar-refractivity contribution < 1.29 is 4.79 Å². The molecule has 0 bridgehead atoms. The molecule has 0 atom stereocenters. The molecule has 5 heteroatoms. The number of hydrogen-bond donors (Lipinski definition) is 1. The first-order valence-electron chi connectivity index (χ1n) is 5.39. The van der Waals surface area contributed by atoms with E-state index in [1.807, 2.05) is 13.8 Å². The van der Waals surface area contributed by atoms with E-state index >= 15 is 0 Å². The zero-order valence-corrected chi connectivity index (χ0v) is 11.4. The van der Waals surface area contributed by atoms with Crippen molar-refractivity contribution in [3.8, 4) is 0 Å². The third-order valence-electron chi connectivity index (χ3n) is 2.51. The Hall–Kier alpha value is -0.770. The van der Waals surface area contributed by atoms with Crippen LogP contribution in [-0.4, -0.2) is 23.4 Å². The maximum absolute atomic E-state index is 11.7. The maximum atomic E-state index is 11.7. The summed E-state index contributed by atoms with van der Waals surface area (Å²) in [5.41, 5.74) is 6.14. The largest absolute Gasteiger partial charge is 0.335 e. The molecule has 1 aromatic rings. The molecule has 94 valence electrons. The number of halogens is 2. The van der Waals surface area contributed by atoms with Crippen molar-refractivity contribution in [1.82, 2.24) is 4.90 Å². The lowest BCUT2D eigenvalue weighted by Crippen LogP contribution is -2.40. The highest BCUT2D eigenvalue weighted by atomic mass is 35.5. The molecule has 3 nitrogen and oxygen atoms in total. The van der Waals surface area contributed by atoms with Gasteiger partial charge in [0, 0.05) is 28.2 Å². The Morgan fingerprint density at radius 3 is 2.29 bits per heavy atom. The highest BCUT2D eigenvalue weighted by Crippen LogP contribution is 2.26. The van der Waals surface area contributed by atoms with Gasteiger partial charge < -0.3 is 10.6 Å². The van der Waals surface area contributed by atoms with Crippen LogP contribution in [0.15, 0.2) is 18.2 Å². The maximum Gasteiger partial charge on any atom is 0.236 e. The Bertz CT molecular complexity index is 387. The third-order valence-corrected chi connectivity index (χ3v) is 3.22. The van der Waals surface area contributed by atoms with E-state index in [9.17, 15) is 4.79 Å². The molecule has 0 radical (unpaired) electrons. The van der Waals surface area contributed by atoms with Gasteiger partial charge >= 0.3 is 0 Å². The summed E-state index contributed by atoms with van der Waals surface area (Å²) in [5, 5.41) is 1.13. The molecule has 1 amide bonds. The lowest BCUT2D eigenvalue weighted by molar-refractivity contribution is -0.132. The minimum absolute atomic E-state index is 0.0136. The molecule has 0 aliphatic rings. The van der Waals surface area contributed by atoms with E-state index < -0.39 is 0 Å². The highest BCUT2D eigenvalue weighted by molar-refractivity contribution is 6.36. The standard InChI is InChI=1S/C12H16Cl2N2O/c1-8(2)16(12(17)6-15)7-9-10(13)4-3-5-11(9)14/h3-5,8H,6-7,15H2,1-2H3. The van der Waals surface area contributed by atoms with Gasteiger partial charge in [-0.25, -0.2) is 0 Å². The normalized spacial score (nSPS) is 10.7. The zero-order valence-electron chi connectivity index (χ0n) is 9.91. The van der Waals surface area contributed by atoms with Gasteiger partial charge in [0.05, 0.1) is 6.54 Å². The molecule has 1 aromatic carbocycles. The second-order valence-electron chi connectivity index (χ2n) is 4.02. The molecule has 0 unspecified atom stereocenters. The fraction of sp³-hybridized carbons (Fsp3) is 0.417. The Morgan fingerprint density at radius 2 is 1.88 bits per heavy atom. The summed E-state index contributed by atoms with van der Waals surface area (Å²) in [4.78, 5) is 13.4. The average molecular weight is 275 g/mol. The van der Waals surface area contributed by atoms with Crippen LogP contribution in [0.1, 0.15) is 19.4 Å². The Kier molecular flexibility index (Phi) is 5.25. The van der Waals surface area contributed by atoms with Crippen molar-refractivity contribution in [2.45, 2.75) is 26.4 Å². The minimum atomic E-state index is -0.115. The molecule has 0 fully saturated rings. The predicted molar refractivity (Wildman–Crippen MR) is 71.2 cm³/mol. The number of amides is 1. The van der Waals surface area contributed by atoms with Gasteiger partial charge in [-0.15, -0.1) is 0 Å².